The number of amides is 1. The summed E-state index contributed by atoms with van der Waals surface area (Å²) >= 11 is 1.61. The summed E-state index contributed by atoms with van der Waals surface area (Å²) in [6, 6.07) is 16.2. The second-order valence-electron chi connectivity index (χ2n) is 7.51. The van der Waals surface area contributed by atoms with Crippen molar-refractivity contribution in [2.45, 2.75) is 26.4 Å². The number of rotatable bonds is 10. The van der Waals surface area contributed by atoms with Crippen molar-refractivity contribution in [3.05, 3.63) is 81.8 Å². The molecule has 0 atom stereocenters. The number of anilines is 1. The van der Waals surface area contributed by atoms with Gasteiger partial charge < -0.3 is 15.0 Å². The largest absolute Gasteiger partial charge is 0.487 e. The summed E-state index contributed by atoms with van der Waals surface area (Å²) in [5, 5.41) is 5.98. The average Bonchev–Trinajstić information content (AvgIpc) is 3.19. The van der Waals surface area contributed by atoms with E-state index in [9.17, 15) is 4.79 Å². The lowest BCUT2D eigenvalue weighted by Crippen LogP contribution is -2.22. The van der Waals surface area contributed by atoms with Crippen LogP contribution in [-0.2, 0) is 17.8 Å². The first-order valence-electron chi connectivity index (χ1n) is 10.4. The number of carbonyl (C=O) groups is 1. The number of nitrogens with one attached hydrogen (secondary N) is 1. The van der Waals surface area contributed by atoms with Crippen LogP contribution in [0.2, 0.25) is 0 Å². The van der Waals surface area contributed by atoms with Gasteiger partial charge in [-0.1, -0.05) is 24.3 Å². The monoisotopic (exact) mass is 435 g/mol. The molecule has 3 rings (SSSR count). The number of hydrogen-bond acceptors (Lipinski definition) is 5. The van der Waals surface area contributed by atoms with E-state index in [4.69, 9.17) is 4.74 Å². The maximum absolute atomic E-state index is 12.1. The Morgan fingerprint density at radius 2 is 2.00 bits per heavy atom. The highest BCUT2D eigenvalue weighted by Crippen LogP contribution is 2.17. The lowest BCUT2D eigenvalue weighted by Gasteiger charge is -2.12. The molecule has 3 aromatic rings. The molecule has 1 heterocycles. The molecule has 0 aliphatic rings. The van der Waals surface area contributed by atoms with Crippen LogP contribution in [0.5, 0.6) is 5.75 Å². The van der Waals surface area contributed by atoms with Gasteiger partial charge in [-0.25, -0.2) is 4.98 Å². The van der Waals surface area contributed by atoms with Gasteiger partial charge in [-0.3, -0.25) is 4.79 Å². The number of ether oxygens (including phenoxy) is 1. The van der Waals surface area contributed by atoms with Gasteiger partial charge >= 0.3 is 0 Å². The molecule has 162 valence electrons. The minimum absolute atomic E-state index is 0.0905. The number of aromatic nitrogens is 1. The van der Waals surface area contributed by atoms with E-state index in [2.05, 4.69) is 39.5 Å². The summed E-state index contributed by atoms with van der Waals surface area (Å²) in [6.07, 6.45) is 5.21. The molecule has 0 aliphatic carbocycles. The maximum atomic E-state index is 12.1. The van der Waals surface area contributed by atoms with E-state index in [1.54, 1.807) is 23.5 Å². The van der Waals surface area contributed by atoms with Gasteiger partial charge in [0.2, 0.25) is 5.91 Å². The third kappa shape index (κ3) is 7.57. The highest BCUT2D eigenvalue weighted by molar-refractivity contribution is 7.09. The van der Waals surface area contributed by atoms with E-state index in [0.29, 0.717) is 13.2 Å². The van der Waals surface area contributed by atoms with Gasteiger partial charge in [0, 0.05) is 37.8 Å². The number of nitrogens with zero attached hydrogens (tertiary/aromatic N) is 2. The second kappa shape index (κ2) is 11.3. The van der Waals surface area contributed by atoms with E-state index in [0.717, 1.165) is 34.9 Å². The van der Waals surface area contributed by atoms with Crippen LogP contribution in [0.1, 0.15) is 28.2 Å². The Kier molecular flexibility index (Phi) is 8.24. The Hall–Kier alpha value is -3.12. The van der Waals surface area contributed by atoms with Crippen LogP contribution in [0.15, 0.2) is 60.0 Å². The van der Waals surface area contributed by atoms with E-state index in [1.165, 1.54) is 11.3 Å². The van der Waals surface area contributed by atoms with Crippen molar-refractivity contribution in [2.75, 3.05) is 25.5 Å². The van der Waals surface area contributed by atoms with Gasteiger partial charge in [0.05, 0.1) is 10.7 Å². The predicted octanol–water partition coefficient (Wildman–Crippen LogP) is 4.86. The smallest absolute Gasteiger partial charge is 0.243 e. The van der Waals surface area contributed by atoms with Gasteiger partial charge in [0.1, 0.15) is 12.4 Å². The topological polar surface area (TPSA) is 54.5 Å². The van der Waals surface area contributed by atoms with E-state index < -0.39 is 0 Å². The standard InChI is InChI=1S/C25H29N3O2S/c1-19-27-22(18-31-19)17-30-24-8-4-6-21(16-24)11-14-25(29)26-15-5-7-20-9-12-23(13-10-20)28(2)3/h4,6,8-14,16,18H,5,7,15,17H2,1-3H3,(H,26,29)/b14-11+. The first kappa shape index (κ1) is 22.6. The van der Waals surface area contributed by atoms with Crippen molar-refractivity contribution < 1.29 is 9.53 Å². The Balaban J connectivity index is 1.40. The molecular formula is C25H29N3O2S. The zero-order valence-corrected chi connectivity index (χ0v) is 19.1. The Morgan fingerprint density at radius 1 is 1.19 bits per heavy atom. The van der Waals surface area contributed by atoms with Crippen LogP contribution in [0.4, 0.5) is 5.69 Å². The van der Waals surface area contributed by atoms with Gasteiger partial charge in [-0.2, -0.15) is 0 Å². The number of aryl methyl sites for hydroxylation is 2. The first-order valence-corrected chi connectivity index (χ1v) is 11.2. The van der Waals surface area contributed by atoms with Gasteiger partial charge in [-0.15, -0.1) is 11.3 Å². The van der Waals surface area contributed by atoms with Crippen molar-refractivity contribution in [2.24, 2.45) is 0 Å². The third-order valence-electron chi connectivity index (χ3n) is 4.73. The van der Waals surface area contributed by atoms with Crippen LogP contribution in [0.3, 0.4) is 0 Å². The zero-order valence-electron chi connectivity index (χ0n) is 18.3. The van der Waals surface area contributed by atoms with Gasteiger partial charge in [0.25, 0.3) is 0 Å². The number of hydrogen-bond donors (Lipinski definition) is 1. The van der Waals surface area contributed by atoms with E-state index in [-0.39, 0.29) is 5.91 Å². The molecule has 0 unspecified atom stereocenters. The van der Waals surface area contributed by atoms with E-state index in [1.807, 2.05) is 50.7 Å². The quantitative estimate of drug-likeness (QED) is 0.365. The van der Waals surface area contributed by atoms with Crippen molar-refractivity contribution >= 4 is 29.0 Å². The van der Waals surface area contributed by atoms with E-state index >= 15 is 0 Å². The lowest BCUT2D eigenvalue weighted by molar-refractivity contribution is -0.116. The second-order valence-corrected chi connectivity index (χ2v) is 8.57. The SMILES string of the molecule is Cc1nc(COc2cccc(/C=C/C(=O)NCCCc3ccc(N(C)C)cc3)c2)cs1. The third-order valence-corrected chi connectivity index (χ3v) is 5.56. The van der Waals surface area contributed by atoms with Crippen molar-refractivity contribution in [3.8, 4) is 5.75 Å². The van der Waals surface area contributed by atoms with Crippen molar-refractivity contribution in [1.82, 2.24) is 10.3 Å². The zero-order chi connectivity index (χ0) is 22.1. The molecule has 1 N–H and O–H groups in total. The van der Waals surface area contributed by atoms with Crippen LogP contribution >= 0.6 is 11.3 Å². The Labute approximate surface area is 188 Å². The molecule has 0 saturated carbocycles. The summed E-state index contributed by atoms with van der Waals surface area (Å²) in [5.74, 6) is 0.667. The number of benzene rings is 2. The number of carbonyl (C=O) groups excluding carboxylic acids is 1. The molecule has 0 saturated heterocycles. The van der Waals surface area contributed by atoms with Crippen LogP contribution in [0.25, 0.3) is 6.08 Å². The highest BCUT2D eigenvalue weighted by Gasteiger charge is 2.02. The Morgan fingerprint density at radius 3 is 2.71 bits per heavy atom. The first-order chi connectivity index (χ1) is 15.0. The minimum atomic E-state index is -0.0905. The van der Waals surface area contributed by atoms with Crippen LogP contribution < -0.4 is 15.0 Å². The molecule has 1 amide bonds. The fourth-order valence-electron chi connectivity index (χ4n) is 3.04. The minimum Gasteiger partial charge on any atom is -0.487 e. The molecule has 2 aromatic carbocycles. The molecule has 0 radical (unpaired) electrons. The summed E-state index contributed by atoms with van der Waals surface area (Å²) in [7, 11) is 4.06. The normalized spacial score (nSPS) is 10.9. The Bertz CT molecular complexity index is 1010. The molecule has 0 aliphatic heterocycles. The van der Waals surface area contributed by atoms with Crippen LogP contribution in [0, 0.1) is 6.92 Å². The number of thiazole rings is 1. The van der Waals surface area contributed by atoms with Crippen LogP contribution in [-0.4, -0.2) is 31.5 Å². The maximum Gasteiger partial charge on any atom is 0.243 e. The average molecular weight is 436 g/mol. The molecule has 6 heteroatoms. The van der Waals surface area contributed by atoms with Crippen molar-refractivity contribution in [1.29, 1.82) is 0 Å². The summed E-state index contributed by atoms with van der Waals surface area (Å²) < 4.78 is 5.80. The molecule has 0 spiro atoms. The predicted molar refractivity (Wildman–Crippen MR) is 129 cm³/mol. The van der Waals surface area contributed by atoms with Gasteiger partial charge in [-0.05, 0) is 61.2 Å². The van der Waals surface area contributed by atoms with Crippen molar-refractivity contribution in [3.63, 3.8) is 0 Å². The molecule has 1 aromatic heterocycles. The van der Waals surface area contributed by atoms with Gasteiger partial charge in [0.15, 0.2) is 0 Å². The molecule has 0 bridgehead atoms. The lowest BCUT2D eigenvalue weighted by atomic mass is 10.1. The molecular weight excluding hydrogens is 406 g/mol. The summed E-state index contributed by atoms with van der Waals surface area (Å²) in [6.45, 7) is 3.07. The fraction of sp³-hybridized carbons (Fsp3) is 0.280. The molecule has 31 heavy (non-hydrogen) atoms. The molecule has 5 nitrogen and oxygen atoms in total. The summed E-state index contributed by atoms with van der Waals surface area (Å²) in [4.78, 5) is 18.6. The highest BCUT2D eigenvalue weighted by atomic mass is 32.1. The molecule has 0 fully saturated rings. The fourth-order valence-corrected chi connectivity index (χ4v) is 3.63. The summed E-state index contributed by atoms with van der Waals surface area (Å²) in [5.41, 5.74) is 4.31.